The Labute approximate surface area is 192 Å². The van der Waals surface area contributed by atoms with Crippen LogP contribution in [-0.2, 0) is 0 Å². The van der Waals surface area contributed by atoms with E-state index in [1.807, 2.05) is 32.6 Å². The number of amides is 2. The Kier molecular flexibility index (Phi) is 7.19. The maximum absolute atomic E-state index is 12.8. The minimum Gasteiger partial charge on any atom is -0.465 e. The summed E-state index contributed by atoms with van der Waals surface area (Å²) in [5, 5.41) is 14.7. The summed E-state index contributed by atoms with van der Waals surface area (Å²) in [6, 6.07) is 1.46. The summed E-state index contributed by atoms with van der Waals surface area (Å²) in [5.74, 6) is -0.0904. The maximum Gasteiger partial charge on any atom is 0.404 e. The third kappa shape index (κ3) is 5.60. The number of hydrogen-bond acceptors (Lipinski definition) is 7. The van der Waals surface area contributed by atoms with Gasteiger partial charge >= 0.3 is 6.09 Å². The van der Waals surface area contributed by atoms with Crippen LogP contribution in [0.5, 0.6) is 0 Å². The van der Waals surface area contributed by atoms with E-state index in [1.54, 1.807) is 16.8 Å². The Balaban J connectivity index is 1.98. The monoisotopic (exact) mass is 457 g/mol. The number of aromatic nitrogens is 3. The predicted octanol–water partition coefficient (Wildman–Crippen LogP) is 2.42. The molecule has 0 aliphatic carbocycles. The zero-order chi connectivity index (χ0) is 24.3. The number of nitrogens with zero attached hydrogens (tertiary/aromatic N) is 4. The molecule has 1 aliphatic heterocycles. The SMILES string of the molecule is CC(C)c1cc(Nc2nc(N3CCC[C@H](NC(=O)O)C3)ncc2C(N)=O)cn(C(C)C)c1=O. The number of rotatable bonds is 7. The van der Waals surface area contributed by atoms with Gasteiger partial charge in [0.2, 0.25) is 5.95 Å². The quantitative estimate of drug-likeness (QED) is 0.494. The first-order chi connectivity index (χ1) is 15.6. The van der Waals surface area contributed by atoms with Gasteiger partial charge in [0.15, 0.2) is 0 Å². The van der Waals surface area contributed by atoms with Crippen LogP contribution in [0.25, 0.3) is 0 Å². The number of nitrogens with one attached hydrogen (secondary N) is 2. The van der Waals surface area contributed by atoms with E-state index in [2.05, 4.69) is 20.6 Å². The summed E-state index contributed by atoms with van der Waals surface area (Å²) in [6.07, 6.45) is 3.48. The van der Waals surface area contributed by atoms with Crippen molar-refractivity contribution in [2.24, 2.45) is 5.73 Å². The van der Waals surface area contributed by atoms with E-state index in [-0.39, 0.29) is 34.9 Å². The van der Waals surface area contributed by atoms with E-state index in [0.717, 1.165) is 12.8 Å². The van der Waals surface area contributed by atoms with E-state index in [4.69, 9.17) is 10.8 Å². The minimum absolute atomic E-state index is 0.00726. The first-order valence-corrected chi connectivity index (χ1v) is 11.0. The van der Waals surface area contributed by atoms with Gasteiger partial charge in [-0.2, -0.15) is 4.98 Å². The fourth-order valence-electron chi connectivity index (χ4n) is 3.88. The van der Waals surface area contributed by atoms with Gasteiger partial charge in [0, 0.05) is 43.1 Å². The average Bonchev–Trinajstić information content (AvgIpc) is 2.74. The fourth-order valence-corrected chi connectivity index (χ4v) is 3.88. The van der Waals surface area contributed by atoms with Crippen molar-refractivity contribution in [3.63, 3.8) is 0 Å². The van der Waals surface area contributed by atoms with Crippen LogP contribution in [0.1, 0.15) is 68.4 Å². The molecule has 1 fully saturated rings. The fraction of sp³-hybridized carbons (Fsp3) is 0.500. The molecule has 11 heteroatoms. The van der Waals surface area contributed by atoms with Gasteiger partial charge in [0.25, 0.3) is 11.5 Å². The lowest BCUT2D eigenvalue weighted by Crippen LogP contribution is -2.48. The second-order valence-corrected chi connectivity index (χ2v) is 8.80. The highest BCUT2D eigenvalue weighted by atomic mass is 16.4. The molecule has 0 saturated carbocycles. The number of carbonyl (C=O) groups is 2. The molecular weight excluding hydrogens is 426 g/mol. The minimum atomic E-state index is -1.07. The van der Waals surface area contributed by atoms with Crippen LogP contribution in [0.2, 0.25) is 0 Å². The van der Waals surface area contributed by atoms with Crippen molar-refractivity contribution in [3.05, 3.63) is 39.9 Å². The van der Waals surface area contributed by atoms with E-state index >= 15 is 0 Å². The van der Waals surface area contributed by atoms with Crippen LogP contribution < -0.4 is 26.8 Å². The number of carbonyl (C=O) groups excluding carboxylic acids is 1. The summed E-state index contributed by atoms with van der Waals surface area (Å²) in [5.41, 5.74) is 6.85. The molecule has 178 valence electrons. The van der Waals surface area contributed by atoms with Crippen molar-refractivity contribution in [3.8, 4) is 0 Å². The van der Waals surface area contributed by atoms with Crippen molar-refractivity contribution in [1.82, 2.24) is 19.9 Å². The zero-order valence-electron chi connectivity index (χ0n) is 19.3. The number of carboxylic acid groups (broad SMARTS) is 1. The topological polar surface area (TPSA) is 155 Å². The van der Waals surface area contributed by atoms with Crippen molar-refractivity contribution < 1.29 is 14.7 Å². The molecule has 33 heavy (non-hydrogen) atoms. The van der Waals surface area contributed by atoms with Crippen LogP contribution in [0.4, 0.5) is 22.2 Å². The molecule has 0 bridgehead atoms. The normalized spacial score (nSPS) is 16.2. The first kappa shape index (κ1) is 24.0. The molecule has 3 rings (SSSR count). The van der Waals surface area contributed by atoms with Gasteiger partial charge in [-0.3, -0.25) is 9.59 Å². The van der Waals surface area contributed by atoms with Crippen LogP contribution in [0.3, 0.4) is 0 Å². The molecule has 0 aromatic carbocycles. The number of piperidine rings is 1. The molecule has 3 heterocycles. The second kappa shape index (κ2) is 9.88. The molecule has 1 aliphatic rings. The molecule has 0 unspecified atom stereocenters. The molecular formula is C22H31N7O4. The highest BCUT2D eigenvalue weighted by molar-refractivity contribution is 5.98. The standard InChI is InChI=1S/C22H31N7O4/c1-12(2)16-8-15(11-29(13(3)4)20(16)31)25-19-17(18(23)30)9-24-21(27-19)28-7-5-6-14(10-28)26-22(32)33/h8-9,11-14,26H,5-7,10H2,1-4H3,(H2,23,30)(H,32,33)(H,24,25,27)/t14-/m0/s1. The zero-order valence-corrected chi connectivity index (χ0v) is 19.3. The largest absolute Gasteiger partial charge is 0.465 e. The van der Waals surface area contributed by atoms with Crippen molar-refractivity contribution in [2.45, 2.75) is 58.5 Å². The van der Waals surface area contributed by atoms with Gasteiger partial charge in [-0.1, -0.05) is 13.8 Å². The summed E-state index contributed by atoms with van der Waals surface area (Å²) in [4.78, 5) is 46.5. The van der Waals surface area contributed by atoms with Crippen LogP contribution in [0, 0.1) is 0 Å². The molecule has 0 spiro atoms. The number of anilines is 3. The second-order valence-electron chi connectivity index (χ2n) is 8.80. The molecule has 2 aromatic rings. The molecule has 2 aromatic heterocycles. The van der Waals surface area contributed by atoms with Gasteiger partial charge < -0.3 is 30.9 Å². The Morgan fingerprint density at radius 1 is 1.27 bits per heavy atom. The van der Waals surface area contributed by atoms with Gasteiger partial charge in [-0.15, -0.1) is 0 Å². The van der Waals surface area contributed by atoms with Crippen LogP contribution in [0.15, 0.2) is 23.3 Å². The lowest BCUT2D eigenvalue weighted by Gasteiger charge is -2.32. The number of hydrogen-bond donors (Lipinski definition) is 4. The smallest absolute Gasteiger partial charge is 0.404 e. The summed E-state index contributed by atoms with van der Waals surface area (Å²) >= 11 is 0. The van der Waals surface area contributed by atoms with E-state index in [9.17, 15) is 14.4 Å². The summed E-state index contributed by atoms with van der Waals surface area (Å²) in [6.45, 7) is 8.80. The van der Waals surface area contributed by atoms with E-state index < -0.39 is 12.0 Å². The highest BCUT2D eigenvalue weighted by Gasteiger charge is 2.24. The Morgan fingerprint density at radius 2 is 2.00 bits per heavy atom. The van der Waals surface area contributed by atoms with Crippen molar-refractivity contribution >= 4 is 29.5 Å². The third-order valence-electron chi connectivity index (χ3n) is 5.59. The molecule has 5 N–H and O–H groups in total. The van der Waals surface area contributed by atoms with Crippen LogP contribution >= 0.6 is 0 Å². The summed E-state index contributed by atoms with van der Waals surface area (Å²) in [7, 11) is 0. The van der Waals surface area contributed by atoms with Gasteiger partial charge in [0.1, 0.15) is 11.4 Å². The summed E-state index contributed by atoms with van der Waals surface area (Å²) < 4.78 is 1.64. The number of primary amides is 1. The van der Waals surface area contributed by atoms with Gasteiger partial charge in [-0.25, -0.2) is 9.78 Å². The average molecular weight is 458 g/mol. The van der Waals surface area contributed by atoms with E-state index in [1.165, 1.54) is 6.20 Å². The van der Waals surface area contributed by atoms with Crippen molar-refractivity contribution in [2.75, 3.05) is 23.3 Å². The van der Waals surface area contributed by atoms with Gasteiger partial charge in [-0.05, 0) is 38.7 Å². The lowest BCUT2D eigenvalue weighted by molar-refractivity contribution is 0.100. The molecule has 1 atom stereocenters. The maximum atomic E-state index is 12.8. The van der Waals surface area contributed by atoms with Crippen molar-refractivity contribution in [1.29, 1.82) is 0 Å². The molecule has 1 saturated heterocycles. The predicted molar refractivity (Wildman–Crippen MR) is 125 cm³/mol. The van der Waals surface area contributed by atoms with E-state index in [0.29, 0.717) is 30.3 Å². The Morgan fingerprint density at radius 3 is 2.61 bits per heavy atom. The molecule has 0 radical (unpaired) electrons. The van der Waals surface area contributed by atoms with Crippen LogP contribution in [-0.4, -0.2) is 50.8 Å². The molecule has 2 amide bonds. The number of nitrogens with two attached hydrogens (primary N) is 1. The Hall–Kier alpha value is -3.63. The van der Waals surface area contributed by atoms with Gasteiger partial charge in [0.05, 0.1) is 5.69 Å². The molecule has 11 nitrogen and oxygen atoms in total. The lowest BCUT2D eigenvalue weighted by atomic mass is 10.0. The first-order valence-electron chi connectivity index (χ1n) is 11.0. The third-order valence-corrected chi connectivity index (χ3v) is 5.59. The Bertz CT molecular complexity index is 1060. The number of pyridine rings is 1. The highest BCUT2D eigenvalue weighted by Crippen LogP contribution is 2.25.